The Bertz CT molecular complexity index is 1070. The largest absolute Gasteiger partial charge is 0.429 e. The van der Waals surface area contributed by atoms with Crippen molar-refractivity contribution in [3.63, 3.8) is 0 Å². The van der Waals surface area contributed by atoms with E-state index in [9.17, 15) is 31.4 Å². The Balaban J connectivity index is 2.98. The van der Waals surface area contributed by atoms with Crippen LogP contribution in [0.1, 0.15) is 93.9 Å². The van der Waals surface area contributed by atoms with Crippen molar-refractivity contribution in [2.75, 3.05) is 0 Å². The van der Waals surface area contributed by atoms with Gasteiger partial charge in [-0.25, -0.2) is 0 Å². The van der Waals surface area contributed by atoms with E-state index in [1.807, 2.05) is 12.2 Å². The van der Waals surface area contributed by atoms with E-state index in [0.717, 1.165) is 30.1 Å². The van der Waals surface area contributed by atoms with Gasteiger partial charge in [-0.1, -0.05) is 86.3 Å². The number of rotatable bonds is 12. The summed E-state index contributed by atoms with van der Waals surface area (Å²) >= 11 is 0. The van der Waals surface area contributed by atoms with Crippen LogP contribution in [0.2, 0.25) is 36.3 Å². The molecule has 0 bridgehead atoms. The summed E-state index contributed by atoms with van der Waals surface area (Å²) in [7, 11) is -4.10. The van der Waals surface area contributed by atoms with Crippen LogP contribution in [0.3, 0.4) is 0 Å². The van der Waals surface area contributed by atoms with E-state index in [0.29, 0.717) is 19.3 Å². The van der Waals surface area contributed by atoms with Crippen molar-refractivity contribution in [2.45, 2.75) is 160 Å². The number of hydrogen-bond acceptors (Lipinski definition) is 3. The van der Waals surface area contributed by atoms with Gasteiger partial charge < -0.3 is 14.0 Å². The molecule has 0 saturated heterocycles. The zero-order valence-electron chi connectivity index (χ0n) is 29.5. The fourth-order valence-corrected chi connectivity index (χ4v) is 7.21. The second-order valence-corrected chi connectivity index (χ2v) is 25.9. The molecule has 1 N–H and O–H groups in total. The molecule has 0 aromatic carbocycles. The highest BCUT2D eigenvalue weighted by molar-refractivity contribution is 6.74. The molecule has 11 heteroatoms. The molecule has 0 spiro atoms. The third-order valence-corrected chi connectivity index (χ3v) is 18.8. The summed E-state index contributed by atoms with van der Waals surface area (Å²) in [5.74, 6) is 0. The topological polar surface area (TPSA) is 38.7 Å². The lowest BCUT2D eigenvalue weighted by Gasteiger charge is -2.45. The summed E-state index contributed by atoms with van der Waals surface area (Å²) in [5, 5.41) is 9.45. The lowest BCUT2D eigenvalue weighted by atomic mass is 9.83. The molecule has 0 radical (unpaired) electrons. The van der Waals surface area contributed by atoms with Gasteiger partial charge in [-0.15, -0.1) is 0 Å². The van der Waals surface area contributed by atoms with Crippen molar-refractivity contribution in [3.8, 4) is 0 Å². The number of halogens is 6. The zero-order valence-corrected chi connectivity index (χ0v) is 31.5. The third kappa shape index (κ3) is 11.5. The monoisotopic (exact) mass is 684 g/mol. The van der Waals surface area contributed by atoms with E-state index in [2.05, 4.69) is 80.4 Å². The molecular formula is C34H58F6O3Si2. The molecule has 0 amide bonds. The van der Waals surface area contributed by atoms with Crippen molar-refractivity contribution >= 4 is 16.6 Å². The normalized spacial score (nSPS) is 21.5. The van der Waals surface area contributed by atoms with Crippen LogP contribution in [0.5, 0.6) is 0 Å². The Kier molecular flexibility index (Phi) is 13.5. The smallest absolute Gasteiger partial charge is 0.413 e. The van der Waals surface area contributed by atoms with Gasteiger partial charge in [-0.3, -0.25) is 0 Å². The number of allylic oxidation sites excluding steroid dienone is 4. The average Bonchev–Trinajstić information content (AvgIpc) is 2.80. The summed E-state index contributed by atoms with van der Waals surface area (Å²) in [6.45, 7) is 30.3. The van der Waals surface area contributed by atoms with E-state index in [1.54, 1.807) is 13.8 Å². The molecule has 2 atom stereocenters. The molecule has 0 aromatic heterocycles. The summed E-state index contributed by atoms with van der Waals surface area (Å²) in [6.07, 6.45) is -1.74. The molecule has 1 aliphatic carbocycles. The first-order chi connectivity index (χ1) is 19.9. The molecule has 3 nitrogen and oxygen atoms in total. The summed E-state index contributed by atoms with van der Waals surface area (Å²) in [5.41, 5.74) is -3.34. The number of aliphatic hydroxyl groups is 1. The first-order valence-electron chi connectivity index (χ1n) is 15.8. The molecule has 1 rings (SSSR count). The molecule has 1 saturated carbocycles. The van der Waals surface area contributed by atoms with Gasteiger partial charge in [-0.05, 0) is 91.0 Å². The predicted molar refractivity (Wildman–Crippen MR) is 178 cm³/mol. The van der Waals surface area contributed by atoms with Gasteiger partial charge in [0.05, 0.1) is 12.2 Å². The van der Waals surface area contributed by atoms with Crippen molar-refractivity contribution < 1.29 is 40.3 Å². The van der Waals surface area contributed by atoms with Gasteiger partial charge in [0.25, 0.3) is 5.60 Å². The van der Waals surface area contributed by atoms with E-state index in [4.69, 9.17) is 8.85 Å². The molecule has 262 valence electrons. The minimum Gasteiger partial charge on any atom is -0.413 e. The highest BCUT2D eigenvalue weighted by Gasteiger charge is 2.68. The summed E-state index contributed by atoms with van der Waals surface area (Å²) < 4.78 is 91.3. The molecule has 0 unspecified atom stereocenters. The van der Waals surface area contributed by atoms with E-state index < -0.39 is 40.0 Å². The molecule has 0 aromatic rings. The maximum atomic E-state index is 12.9. The quantitative estimate of drug-likeness (QED) is 0.0962. The molecule has 45 heavy (non-hydrogen) atoms. The van der Waals surface area contributed by atoms with Crippen LogP contribution in [0, 0.1) is 5.41 Å². The Morgan fingerprint density at radius 3 is 1.78 bits per heavy atom. The second-order valence-electron chi connectivity index (χ2n) is 16.4. The van der Waals surface area contributed by atoms with Crippen LogP contribution in [-0.4, -0.2) is 51.9 Å². The number of alkyl halides is 6. The van der Waals surface area contributed by atoms with Crippen molar-refractivity contribution in [3.05, 3.63) is 48.1 Å². The first-order valence-corrected chi connectivity index (χ1v) is 21.6. The molecular weight excluding hydrogens is 627 g/mol. The van der Waals surface area contributed by atoms with Crippen LogP contribution < -0.4 is 0 Å². The zero-order chi connectivity index (χ0) is 35.5. The van der Waals surface area contributed by atoms with E-state index in [-0.39, 0.29) is 34.8 Å². The predicted octanol–water partition coefficient (Wildman–Crippen LogP) is 11.6. The fourth-order valence-electron chi connectivity index (χ4n) is 4.54. The van der Waals surface area contributed by atoms with Gasteiger partial charge in [0.2, 0.25) is 0 Å². The standard InChI is InChI=1S/C34H58F6O3Si2/c1-25-26(23-27(42-44(10,11)29(2,3)4)24-28(25)43-45(12,13)30(5,6)7)19-16-14-15-17-20-31(8,9)21-18-22-32(41,33(35,36)37)34(38,39)40/h14,16,18-19,22,27-28,41H,1,15,17,20-21,23-24H2,2-13H3/t27-,28+/m1/s1. The fraction of sp³-hybridized carbons (Fsp3) is 0.765. The van der Waals surface area contributed by atoms with Gasteiger partial charge >= 0.3 is 12.4 Å². The van der Waals surface area contributed by atoms with Gasteiger partial charge in [0.15, 0.2) is 16.6 Å². The van der Waals surface area contributed by atoms with Crippen molar-refractivity contribution in [1.29, 1.82) is 0 Å². The number of unbranched alkanes of at least 4 members (excludes halogenated alkanes) is 1. The lowest BCUT2D eigenvalue weighted by molar-refractivity contribution is -0.347. The number of hydrogen-bond donors (Lipinski definition) is 1. The Hall–Kier alpha value is -1.15. The van der Waals surface area contributed by atoms with Crippen LogP contribution in [0.4, 0.5) is 26.3 Å². The molecule has 0 heterocycles. The Morgan fingerprint density at radius 2 is 1.31 bits per heavy atom. The van der Waals surface area contributed by atoms with E-state index >= 15 is 0 Å². The van der Waals surface area contributed by atoms with Gasteiger partial charge in [-0.2, -0.15) is 26.3 Å². The minimum atomic E-state index is -5.86. The third-order valence-electron chi connectivity index (χ3n) is 9.79. The maximum Gasteiger partial charge on any atom is 0.429 e. The van der Waals surface area contributed by atoms with Crippen LogP contribution in [-0.2, 0) is 8.85 Å². The summed E-state index contributed by atoms with van der Waals surface area (Å²) in [6, 6.07) is 0. The first kappa shape index (κ1) is 41.9. The second kappa shape index (κ2) is 14.5. The van der Waals surface area contributed by atoms with Crippen molar-refractivity contribution in [1.82, 2.24) is 0 Å². The maximum absolute atomic E-state index is 12.9. The van der Waals surface area contributed by atoms with Crippen molar-refractivity contribution in [2.24, 2.45) is 5.41 Å². The lowest BCUT2D eigenvalue weighted by Crippen LogP contribution is -2.55. The Morgan fingerprint density at radius 1 is 0.822 bits per heavy atom. The molecule has 1 aliphatic rings. The summed E-state index contributed by atoms with van der Waals surface area (Å²) in [4.78, 5) is 0. The molecule has 0 aliphatic heterocycles. The van der Waals surface area contributed by atoms with E-state index in [1.165, 1.54) is 0 Å². The van der Waals surface area contributed by atoms with Crippen LogP contribution in [0.25, 0.3) is 0 Å². The van der Waals surface area contributed by atoms with Crippen LogP contribution >= 0.6 is 0 Å². The minimum absolute atomic E-state index is 0.0204. The van der Waals surface area contributed by atoms with Crippen LogP contribution in [0.15, 0.2) is 48.1 Å². The highest BCUT2D eigenvalue weighted by Crippen LogP contribution is 2.46. The highest BCUT2D eigenvalue weighted by atomic mass is 28.4. The van der Waals surface area contributed by atoms with Gasteiger partial charge in [0, 0.05) is 6.42 Å². The average molecular weight is 685 g/mol. The molecule has 1 fully saturated rings. The van der Waals surface area contributed by atoms with Gasteiger partial charge in [0.1, 0.15) is 0 Å². The Labute approximate surface area is 270 Å². The SMILES string of the molecule is C=C1C(=CC=CCCCC(C)(C)CC=CC(O)(C(F)(F)F)C(F)(F)F)C[C@@H](O[Si](C)(C)C(C)(C)C)C[C@@H]1O[Si](C)(C)C(C)(C)C.